The summed E-state index contributed by atoms with van der Waals surface area (Å²) >= 11 is 0. The zero-order valence-corrected chi connectivity index (χ0v) is 14.3. The van der Waals surface area contributed by atoms with Gasteiger partial charge in [0.2, 0.25) is 0 Å². The summed E-state index contributed by atoms with van der Waals surface area (Å²) in [6.45, 7) is 12.0. The first kappa shape index (κ1) is 18.7. The molecule has 2 unspecified atom stereocenters. The van der Waals surface area contributed by atoms with E-state index in [2.05, 4.69) is 43.2 Å². The summed E-state index contributed by atoms with van der Waals surface area (Å²) in [6, 6.07) is -0.225. The molecule has 6 heteroatoms. The Morgan fingerprint density at radius 1 is 1.18 bits per heavy atom. The van der Waals surface area contributed by atoms with Gasteiger partial charge in [0.25, 0.3) is 0 Å². The molecule has 2 amide bonds. The molecule has 1 rings (SSSR count). The fourth-order valence-electron chi connectivity index (χ4n) is 3.07. The number of piperidine rings is 1. The molecule has 3 N–H and O–H groups in total. The minimum atomic E-state index is -0.836. The Kier molecular flexibility index (Phi) is 7.13. The summed E-state index contributed by atoms with van der Waals surface area (Å²) in [5, 5.41) is 14.1. The lowest BCUT2D eigenvalue weighted by molar-refractivity contribution is -0.137. The lowest BCUT2D eigenvalue weighted by atomic mass is 9.88. The summed E-state index contributed by atoms with van der Waals surface area (Å²) in [4.78, 5) is 24.6. The van der Waals surface area contributed by atoms with Gasteiger partial charge in [-0.1, -0.05) is 13.8 Å². The van der Waals surface area contributed by atoms with Crippen molar-refractivity contribution in [3.8, 4) is 0 Å². The lowest BCUT2D eigenvalue weighted by Crippen LogP contribution is -2.57. The number of hydrogen-bond donors (Lipinski definition) is 3. The van der Waals surface area contributed by atoms with E-state index in [0.29, 0.717) is 31.3 Å². The van der Waals surface area contributed by atoms with Crippen molar-refractivity contribution in [1.29, 1.82) is 0 Å². The van der Waals surface area contributed by atoms with Crippen LogP contribution in [0.2, 0.25) is 0 Å². The minimum absolute atomic E-state index is 0.0787. The molecular weight excluding hydrogens is 282 g/mol. The lowest BCUT2D eigenvalue weighted by Gasteiger charge is -2.45. The van der Waals surface area contributed by atoms with Gasteiger partial charge in [-0.3, -0.25) is 9.69 Å². The molecule has 2 atom stereocenters. The van der Waals surface area contributed by atoms with E-state index >= 15 is 0 Å². The largest absolute Gasteiger partial charge is 0.481 e. The van der Waals surface area contributed by atoms with Gasteiger partial charge in [0.15, 0.2) is 0 Å². The first-order valence-corrected chi connectivity index (χ1v) is 8.19. The zero-order valence-electron chi connectivity index (χ0n) is 14.3. The number of hydrogen-bond acceptors (Lipinski definition) is 3. The van der Waals surface area contributed by atoms with Gasteiger partial charge >= 0.3 is 12.0 Å². The molecule has 0 aromatic heterocycles. The number of likely N-dealkylation sites (tertiary alicyclic amines) is 1. The van der Waals surface area contributed by atoms with E-state index in [-0.39, 0.29) is 18.0 Å². The van der Waals surface area contributed by atoms with Crippen LogP contribution in [0.1, 0.15) is 47.0 Å². The van der Waals surface area contributed by atoms with Crippen LogP contribution in [0.15, 0.2) is 0 Å². The number of urea groups is 1. The Morgan fingerprint density at radius 2 is 1.77 bits per heavy atom. The van der Waals surface area contributed by atoms with E-state index in [9.17, 15) is 9.59 Å². The summed E-state index contributed by atoms with van der Waals surface area (Å²) in [7, 11) is 0. The summed E-state index contributed by atoms with van der Waals surface area (Å²) < 4.78 is 0. The second-order valence-electron chi connectivity index (χ2n) is 7.27. The van der Waals surface area contributed by atoms with Gasteiger partial charge in [-0.25, -0.2) is 4.79 Å². The van der Waals surface area contributed by atoms with Crippen LogP contribution in [0.4, 0.5) is 4.79 Å². The van der Waals surface area contributed by atoms with Crippen molar-refractivity contribution in [3.63, 3.8) is 0 Å². The molecule has 0 aromatic carbocycles. The number of rotatable bonds is 7. The first-order valence-electron chi connectivity index (χ1n) is 8.19. The molecule has 1 aliphatic heterocycles. The van der Waals surface area contributed by atoms with Crippen molar-refractivity contribution in [2.24, 2.45) is 11.8 Å². The van der Waals surface area contributed by atoms with Crippen LogP contribution >= 0.6 is 0 Å². The average molecular weight is 313 g/mol. The van der Waals surface area contributed by atoms with Crippen LogP contribution in [0.5, 0.6) is 0 Å². The van der Waals surface area contributed by atoms with E-state index in [4.69, 9.17) is 5.11 Å². The number of nitrogens with one attached hydrogen (secondary N) is 2. The molecule has 0 aliphatic carbocycles. The number of carboxylic acids is 1. The topological polar surface area (TPSA) is 81.7 Å². The van der Waals surface area contributed by atoms with E-state index in [0.717, 1.165) is 13.1 Å². The Hall–Kier alpha value is -1.30. The molecule has 0 spiro atoms. The molecule has 128 valence electrons. The molecule has 1 aliphatic rings. The first-order chi connectivity index (χ1) is 10.2. The number of carbonyl (C=O) groups is 2. The molecular formula is C16H31N3O3. The van der Waals surface area contributed by atoms with Crippen LogP contribution in [0.25, 0.3) is 0 Å². The quantitative estimate of drug-likeness (QED) is 0.627. The Morgan fingerprint density at radius 3 is 2.32 bits per heavy atom. The van der Waals surface area contributed by atoms with Gasteiger partial charge in [-0.2, -0.15) is 0 Å². The molecule has 6 nitrogen and oxygen atoms in total. The van der Waals surface area contributed by atoms with Crippen molar-refractivity contribution >= 4 is 12.0 Å². The summed E-state index contributed by atoms with van der Waals surface area (Å²) in [5.74, 6) is 0.539. The number of carbonyl (C=O) groups excluding carboxylic acids is 1. The summed E-state index contributed by atoms with van der Waals surface area (Å²) in [5.41, 5.74) is -0.0820. The standard InChI is InChI=1S/C16H31N3O3/c1-12-8-13(2)10-19(9-12)16(3,4)11-18-15(22)17-7-5-6-14(20)21/h12-13H,5-11H2,1-4H3,(H,20,21)(H2,17,18,22). The highest BCUT2D eigenvalue weighted by atomic mass is 16.4. The van der Waals surface area contributed by atoms with Gasteiger partial charge in [0.1, 0.15) is 0 Å². The van der Waals surface area contributed by atoms with Gasteiger partial charge in [0, 0.05) is 38.1 Å². The van der Waals surface area contributed by atoms with Crippen LogP contribution < -0.4 is 10.6 Å². The van der Waals surface area contributed by atoms with Gasteiger partial charge in [-0.05, 0) is 38.5 Å². The maximum Gasteiger partial charge on any atom is 0.314 e. The molecule has 1 heterocycles. The number of carboxylic acid groups (broad SMARTS) is 1. The van der Waals surface area contributed by atoms with Gasteiger partial charge in [-0.15, -0.1) is 0 Å². The second kappa shape index (κ2) is 8.36. The third kappa shape index (κ3) is 6.64. The Bertz CT molecular complexity index is 375. The smallest absolute Gasteiger partial charge is 0.314 e. The van der Waals surface area contributed by atoms with Crippen LogP contribution in [-0.4, -0.2) is 53.7 Å². The maximum absolute atomic E-state index is 11.8. The normalized spacial score (nSPS) is 23.1. The van der Waals surface area contributed by atoms with Gasteiger partial charge in [0.05, 0.1) is 0 Å². The highest BCUT2D eigenvalue weighted by molar-refractivity contribution is 5.74. The monoisotopic (exact) mass is 313 g/mol. The second-order valence-corrected chi connectivity index (χ2v) is 7.27. The van der Waals surface area contributed by atoms with Crippen molar-refractivity contribution in [2.45, 2.75) is 52.5 Å². The fourth-order valence-corrected chi connectivity index (χ4v) is 3.07. The highest BCUT2D eigenvalue weighted by Gasteiger charge is 2.32. The van der Waals surface area contributed by atoms with E-state index in [1.807, 2.05) is 0 Å². The van der Waals surface area contributed by atoms with E-state index in [1.165, 1.54) is 6.42 Å². The van der Waals surface area contributed by atoms with E-state index in [1.54, 1.807) is 0 Å². The average Bonchev–Trinajstić information content (AvgIpc) is 2.40. The summed E-state index contributed by atoms with van der Waals surface area (Å²) in [6.07, 6.45) is 1.80. The molecule has 0 aromatic rings. The molecule has 1 fully saturated rings. The SMILES string of the molecule is CC1CC(C)CN(C(C)(C)CNC(=O)NCCCC(=O)O)C1. The Labute approximate surface area is 133 Å². The van der Waals surface area contributed by atoms with Crippen molar-refractivity contribution in [1.82, 2.24) is 15.5 Å². The number of aliphatic carboxylic acids is 1. The molecule has 0 bridgehead atoms. The van der Waals surface area contributed by atoms with Crippen LogP contribution in [0.3, 0.4) is 0 Å². The van der Waals surface area contributed by atoms with Crippen molar-refractivity contribution < 1.29 is 14.7 Å². The van der Waals surface area contributed by atoms with Gasteiger partial charge < -0.3 is 15.7 Å². The third-order valence-electron chi connectivity index (χ3n) is 4.26. The maximum atomic E-state index is 11.8. The highest BCUT2D eigenvalue weighted by Crippen LogP contribution is 2.26. The molecule has 1 saturated heterocycles. The van der Waals surface area contributed by atoms with E-state index < -0.39 is 5.97 Å². The fraction of sp³-hybridized carbons (Fsp3) is 0.875. The molecule has 22 heavy (non-hydrogen) atoms. The molecule has 0 saturated carbocycles. The van der Waals surface area contributed by atoms with Crippen LogP contribution in [0, 0.1) is 11.8 Å². The zero-order chi connectivity index (χ0) is 16.8. The Balaban J connectivity index is 2.32. The number of nitrogens with zero attached hydrogens (tertiary/aromatic N) is 1. The third-order valence-corrected chi connectivity index (χ3v) is 4.26. The minimum Gasteiger partial charge on any atom is -0.481 e. The number of amides is 2. The predicted molar refractivity (Wildman–Crippen MR) is 86.9 cm³/mol. The van der Waals surface area contributed by atoms with Crippen molar-refractivity contribution in [3.05, 3.63) is 0 Å². The van der Waals surface area contributed by atoms with Crippen molar-refractivity contribution in [2.75, 3.05) is 26.2 Å². The predicted octanol–water partition coefficient (Wildman–Crippen LogP) is 1.91. The van der Waals surface area contributed by atoms with Crippen LogP contribution in [-0.2, 0) is 4.79 Å². The molecule has 0 radical (unpaired) electrons.